The van der Waals surface area contributed by atoms with Crippen molar-refractivity contribution in [1.29, 1.82) is 0 Å². The molecular formula is C62H69ClN10O11. The van der Waals surface area contributed by atoms with Crippen LogP contribution in [0.4, 0.5) is 21.9 Å². The van der Waals surface area contributed by atoms with Crippen LogP contribution in [0.15, 0.2) is 115 Å². The molecule has 3 heterocycles. The van der Waals surface area contributed by atoms with Crippen molar-refractivity contribution in [2.24, 2.45) is 11.8 Å². The highest BCUT2D eigenvalue weighted by Crippen LogP contribution is 2.45. The second kappa shape index (κ2) is 27.5. The van der Waals surface area contributed by atoms with Crippen molar-refractivity contribution in [3.8, 4) is 11.4 Å². The number of fused-ring (bicyclic) bond motifs is 3. The fourth-order valence-corrected chi connectivity index (χ4v) is 10.7. The maximum atomic E-state index is 14.7. The molecular weight excluding hydrogens is 1100 g/mol. The number of nitrogens with one attached hydrogen (secondary N) is 2. The van der Waals surface area contributed by atoms with Gasteiger partial charge in [-0.25, -0.2) is 9.48 Å². The molecule has 440 valence electrons. The molecule has 0 unspecified atom stereocenters. The van der Waals surface area contributed by atoms with E-state index in [9.17, 15) is 43.5 Å². The first kappa shape index (κ1) is 61.3. The predicted molar refractivity (Wildman–Crippen MR) is 317 cm³/mol. The van der Waals surface area contributed by atoms with Crippen LogP contribution in [0.3, 0.4) is 0 Å². The van der Waals surface area contributed by atoms with E-state index in [4.69, 9.17) is 21.1 Å². The molecule has 22 heteroatoms. The number of amides is 7. The van der Waals surface area contributed by atoms with Gasteiger partial charge >= 0.3 is 6.09 Å². The number of halogens is 1. The van der Waals surface area contributed by atoms with Crippen molar-refractivity contribution in [3.63, 3.8) is 0 Å². The summed E-state index contributed by atoms with van der Waals surface area (Å²) in [5.41, 5.74) is 5.70. The fourth-order valence-electron chi connectivity index (χ4n) is 10.5. The Kier molecular flexibility index (Phi) is 20.1. The summed E-state index contributed by atoms with van der Waals surface area (Å²) in [7, 11) is 5.26. The number of imide groups is 1. The van der Waals surface area contributed by atoms with Crippen molar-refractivity contribution in [2.75, 3.05) is 88.5 Å². The van der Waals surface area contributed by atoms with Crippen LogP contribution in [0, 0.1) is 18.8 Å². The Morgan fingerprint density at radius 1 is 0.833 bits per heavy atom. The number of aromatic nitrogens is 3. The number of alkyl halides is 1. The number of ketones is 1. The molecule has 0 spiro atoms. The monoisotopic (exact) mass is 1160 g/mol. The van der Waals surface area contributed by atoms with E-state index in [1.165, 1.54) is 52.2 Å². The summed E-state index contributed by atoms with van der Waals surface area (Å²) >= 11 is 6.68. The van der Waals surface area contributed by atoms with Gasteiger partial charge in [0.2, 0.25) is 11.8 Å². The highest BCUT2D eigenvalue weighted by atomic mass is 35.5. The number of aromatic hydroxyl groups is 1. The van der Waals surface area contributed by atoms with E-state index in [2.05, 4.69) is 20.9 Å². The number of ether oxygens (including phenoxy) is 2. The van der Waals surface area contributed by atoms with Gasteiger partial charge in [0.05, 0.1) is 44.1 Å². The SMILES string of the molecule is Cc1cccc2c(CC(=O)N(CCOCCN3C(=O)C=CC3=O)CCN(C)C(=O)OCc3ccc(NC(=O)[C@H](C)CC(=O)[C@H](C(C)C)N(C)C)cc3)cc3c(c12)[C@H](CCl)CN3C(=O)c1cn(-c2ccc(NC(=O)c3ccc(O)cc3)cc2)nn1. The molecule has 84 heavy (non-hydrogen) atoms. The Balaban J connectivity index is 0.940. The van der Waals surface area contributed by atoms with Crippen LogP contribution >= 0.6 is 11.6 Å². The van der Waals surface area contributed by atoms with Gasteiger partial charge in [-0.2, -0.15) is 0 Å². The number of carbonyl (C=O) groups excluding carboxylic acids is 8. The third kappa shape index (κ3) is 14.7. The molecule has 2 aliphatic rings. The van der Waals surface area contributed by atoms with Crippen molar-refractivity contribution >= 4 is 86.8 Å². The molecule has 0 saturated carbocycles. The number of hydrogen-bond donors (Lipinski definition) is 3. The molecule has 3 atom stereocenters. The maximum Gasteiger partial charge on any atom is 0.409 e. The quantitative estimate of drug-likeness (QED) is 0.0288. The third-order valence-electron chi connectivity index (χ3n) is 14.9. The lowest BCUT2D eigenvalue weighted by Crippen LogP contribution is -2.42. The lowest BCUT2D eigenvalue weighted by molar-refractivity contribution is -0.137. The summed E-state index contributed by atoms with van der Waals surface area (Å²) < 4.78 is 13.0. The van der Waals surface area contributed by atoms with Gasteiger partial charge in [0.25, 0.3) is 23.6 Å². The van der Waals surface area contributed by atoms with E-state index >= 15 is 0 Å². The van der Waals surface area contributed by atoms with Gasteiger partial charge in [-0.1, -0.05) is 56.3 Å². The van der Waals surface area contributed by atoms with Crippen molar-refractivity contribution in [3.05, 3.63) is 149 Å². The molecule has 0 bridgehead atoms. The second-order valence-electron chi connectivity index (χ2n) is 21.5. The number of anilines is 3. The Morgan fingerprint density at radius 2 is 1.51 bits per heavy atom. The number of rotatable bonds is 25. The van der Waals surface area contributed by atoms with E-state index in [0.717, 1.165) is 26.8 Å². The number of phenolic OH excluding ortho intramolecular Hbond substituents is 1. The summed E-state index contributed by atoms with van der Waals surface area (Å²) in [6.07, 6.45) is 3.25. The maximum absolute atomic E-state index is 14.7. The molecule has 0 aliphatic carbocycles. The van der Waals surface area contributed by atoms with E-state index in [0.29, 0.717) is 39.4 Å². The first-order chi connectivity index (χ1) is 40.2. The van der Waals surface area contributed by atoms with Gasteiger partial charge in [0.1, 0.15) is 12.4 Å². The zero-order valence-corrected chi connectivity index (χ0v) is 48.8. The summed E-state index contributed by atoms with van der Waals surface area (Å²) in [5, 5.41) is 25.5. The van der Waals surface area contributed by atoms with Gasteiger partial charge < -0.3 is 39.9 Å². The molecule has 8 rings (SSSR count). The number of phenols is 1. The van der Waals surface area contributed by atoms with Crippen molar-refractivity contribution < 1.29 is 52.9 Å². The topological polar surface area (TPSA) is 246 Å². The Morgan fingerprint density at radius 3 is 2.18 bits per heavy atom. The van der Waals surface area contributed by atoms with Crippen molar-refractivity contribution in [2.45, 2.75) is 59.1 Å². The lowest BCUT2D eigenvalue weighted by atomic mass is 9.89. The molecule has 0 saturated heterocycles. The van der Waals surface area contributed by atoms with E-state index in [-0.39, 0.29) is 124 Å². The van der Waals surface area contributed by atoms with Gasteiger partial charge in [-0.15, -0.1) is 16.7 Å². The minimum Gasteiger partial charge on any atom is -0.508 e. The largest absolute Gasteiger partial charge is 0.508 e. The first-order valence-electron chi connectivity index (χ1n) is 27.6. The number of hydrogen-bond acceptors (Lipinski definition) is 14. The normalized spacial score (nSPS) is 14.5. The standard InChI is InChI=1S/C62H69ClN10O11/c1-38(2)58(68(5)6)52(75)31-40(4)59(79)64-45-15-11-41(12-16-45)37-84-62(82)69(7)25-26-70(27-29-83-30-28-71-53(76)23-24-54(71)77)55(78)33-43-32-51-57(56-39(3)9-8-10-49(43)56)44(34-63)35-72(51)61(81)50-36-73(67-66-50)47-19-17-46(18-20-47)65-60(80)42-13-21-48(74)22-14-42/h8-24,32,36,38,40,44,58,74H,25-31,33-35,37H2,1-7H3,(H,64,79)(H,65,80)/t40-,44-,58+/m1/s1. The minimum absolute atomic E-state index is 0.000405. The zero-order chi connectivity index (χ0) is 60.4. The molecule has 0 radical (unpaired) electrons. The van der Waals surface area contributed by atoms with Crippen LogP contribution < -0.4 is 15.5 Å². The van der Waals surface area contributed by atoms with Gasteiger partial charge in [-0.3, -0.25) is 43.4 Å². The van der Waals surface area contributed by atoms with E-state index < -0.39 is 29.7 Å². The van der Waals surface area contributed by atoms with Crippen LogP contribution in [-0.4, -0.2) is 166 Å². The molecule has 7 amide bonds. The number of benzene rings is 5. The van der Waals surface area contributed by atoms with Crippen LogP contribution in [0.5, 0.6) is 5.75 Å². The minimum atomic E-state index is -0.648. The fraction of sp³-hybridized carbons (Fsp3) is 0.355. The van der Waals surface area contributed by atoms with Gasteiger partial charge in [0.15, 0.2) is 11.5 Å². The lowest BCUT2D eigenvalue weighted by Gasteiger charge is -2.27. The summed E-state index contributed by atoms with van der Waals surface area (Å²) in [5.74, 6) is -2.73. The zero-order valence-electron chi connectivity index (χ0n) is 48.0. The Hall–Kier alpha value is -8.79. The van der Waals surface area contributed by atoms with Crippen LogP contribution in [0.1, 0.15) is 76.2 Å². The Labute approximate surface area is 492 Å². The first-order valence-corrected chi connectivity index (χ1v) is 28.2. The third-order valence-corrected chi connectivity index (χ3v) is 15.2. The van der Waals surface area contributed by atoms with Gasteiger partial charge in [-0.05, 0) is 127 Å². The molecule has 21 nitrogen and oxygen atoms in total. The van der Waals surface area contributed by atoms with Gasteiger partial charge in [0, 0.05) is 92.1 Å². The number of nitrogens with zero attached hydrogens (tertiary/aromatic N) is 8. The number of aryl methyl sites for hydroxylation is 1. The highest BCUT2D eigenvalue weighted by Gasteiger charge is 2.37. The highest BCUT2D eigenvalue weighted by molar-refractivity contribution is 6.19. The predicted octanol–water partition coefficient (Wildman–Crippen LogP) is 7.37. The van der Waals surface area contributed by atoms with E-state index in [1.807, 2.05) is 64.0 Å². The molecule has 0 fully saturated rings. The molecule has 3 N–H and O–H groups in total. The van der Waals surface area contributed by atoms with Crippen LogP contribution in [0.25, 0.3) is 16.5 Å². The van der Waals surface area contributed by atoms with E-state index in [1.54, 1.807) is 72.3 Å². The molecule has 5 aromatic carbocycles. The number of Topliss-reactive ketones (excluding diaryl/α,β-unsaturated/α-hetero) is 1. The molecule has 1 aromatic heterocycles. The molecule has 6 aromatic rings. The summed E-state index contributed by atoms with van der Waals surface area (Å²) in [6, 6.07) is 26.9. The van der Waals surface area contributed by atoms with Crippen LogP contribution in [-0.2, 0) is 46.5 Å². The Bertz CT molecular complexity index is 3430. The smallest absolute Gasteiger partial charge is 0.409 e. The van der Waals surface area contributed by atoms with Crippen molar-refractivity contribution in [1.82, 2.24) is 34.6 Å². The average molecular weight is 1170 g/mol. The summed E-state index contributed by atoms with van der Waals surface area (Å²) in [4.78, 5) is 113. The number of likely N-dealkylation sites (N-methyl/N-ethyl adjacent to an activating group) is 2. The van der Waals surface area contributed by atoms with Crippen LogP contribution in [0.2, 0.25) is 0 Å². The second-order valence-corrected chi connectivity index (χ2v) is 21.9. The number of carbonyl (C=O) groups is 8. The average Bonchev–Trinajstić information content (AvgIpc) is 2.39. The molecule has 2 aliphatic heterocycles. The summed E-state index contributed by atoms with van der Waals surface area (Å²) in [6.45, 7) is 8.11.